The second-order valence-corrected chi connectivity index (χ2v) is 6.72. The highest BCUT2D eigenvalue weighted by molar-refractivity contribution is 8.00. The van der Waals surface area contributed by atoms with Gasteiger partial charge in [-0.1, -0.05) is 13.8 Å². The van der Waals surface area contributed by atoms with E-state index in [1.165, 1.54) is 16.7 Å². The highest BCUT2D eigenvalue weighted by Crippen LogP contribution is 2.31. The van der Waals surface area contributed by atoms with Crippen LogP contribution >= 0.6 is 11.8 Å². The molecule has 2 aliphatic rings. The molecular formula is C14H24N2O4S. The summed E-state index contributed by atoms with van der Waals surface area (Å²) in [7, 11) is 0. The summed E-state index contributed by atoms with van der Waals surface area (Å²) in [5.41, 5.74) is 0. The molecule has 2 aliphatic heterocycles. The van der Waals surface area contributed by atoms with Gasteiger partial charge in [-0.2, -0.15) is 0 Å². The number of rotatable bonds is 5. The summed E-state index contributed by atoms with van der Waals surface area (Å²) >= 11 is 1.54. The van der Waals surface area contributed by atoms with Crippen molar-refractivity contribution < 1.29 is 19.4 Å². The molecule has 2 rings (SSSR count). The minimum Gasteiger partial charge on any atom is -0.480 e. The predicted molar refractivity (Wildman–Crippen MR) is 81.3 cm³/mol. The molecule has 2 saturated heterocycles. The normalized spacial score (nSPS) is 32.4. The Morgan fingerprint density at radius 1 is 1.38 bits per heavy atom. The topological polar surface area (TPSA) is 78.9 Å². The Balaban J connectivity index is 1.92. The summed E-state index contributed by atoms with van der Waals surface area (Å²) in [5.74, 6) is -0.132. The Morgan fingerprint density at radius 2 is 2.14 bits per heavy atom. The number of thioether (sulfide) groups is 1. The summed E-state index contributed by atoms with van der Waals surface area (Å²) in [4.78, 5) is 25.2. The van der Waals surface area contributed by atoms with Gasteiger partial charge in [0.15, 0.2) is 0 Å². The summed E-state index contributed by atoms with van der Waals surface area (Å²) in [6.45, 7) is 5.35. The molecule has 2 fully saturated rings. The predicted octanol–water partition coefficient (Wildman–Crippen LogP) is 1.75. The third-order valence-electron chi connectivity index (χ3n) is 4.23. The number of hydrogen-bond donors (Lipinski definition) is 2. The third-order valence-corrected chi connectivity index (χ3v) is 5.68. The molecule has 0 radical (unpaired) electrons. The monoisotopic (exact) mass is 316 g/mol. The molecule has 4 unspecified atom stereocenters. The maximum atomic E-state index is 12.4. The van der Waals surface area contributed by atoms with E-state index >= 15 is 0 Å². The van der Waals surface area contributed by atoms with Crippen LogP contribution in [-0.2, 0) is 9.53 Å². The van der Waals surface area contributed by atoms with Crippen molar-refractivity contribution in [2.24, 2.45) is 5.92 Å². The fourth-order valence-electron chi connectivity index (χ4n) is 3.03. The lowest BCUT2D eigenvalue weighted by Gasteiger charge is -2.28. The van der Waals surface area contributed by atoms with Crippen LogP contribution in [0.5, 0.6) is 0 Å². The first-order chi connectivity index (χ1) is 10.1. The molecule has 0 bridgehead atoms. The van der Waals surface area contributed by atoms with Crippen molar-refractivity contribution in [2.75, 3.05) is 18.9 Å². The highest BCUT2D eigenvalue weighted by Gasteiger charge is 2.41. The van der Waals surface area contributed by atoms with E-state index in [1.807, 2.05) is 6.92 Å². The van der Waals surface area contributed by atoms with Gasteiger partial charge >= 0.3 is 12.0 Å². The number of carbonyl (C=O) groups excluding carboxylic acids is 1. The first-order valence-electron chi connectivity index (χ1n) is 7.60. The Morgan fingerprint density at radius 3 is 2.76 bits per heavy atom. The summed E-state index contributed by atoms with van der Waals surface area (Å²) in [6.07, 6.45) is 2.85. The van der Waals surface area contributed by atoms with Crippen LogP contribution in [0.15, 0.2) is 0 Å². The number of carboxylic acid groups (broad SMARTS) is 1. The van der Waals surface area contributed by atoms with Crippen LogP contribution in [0.3, 0.4) is 0 Å². The zero-order valence-corrected chi connectivity index (χ0v) is 13.4. The molecule has 21 heavy (non-hydrogen) atoms. The largest absolute Gasteiger partial charge is 0.480 e. The molecule has 0 spiro atoms. The van der Waals surface area contributed by atoms with E-state index in [9.17, 15) is 14.7 Å². The van der Waals surface area contributed by atoms with E-state index in [-0.39, 0.29) is 17.5 Å². The average molecular weight is 316 g/mol. The van der Waals surface area contributed by atoms with E-state index in [2.05, 4.69) is 12.2 Å². The quantitative estimate of drug-likeness (QED) is 0.808. The van der Waals surface area contributed by atoms with Gasteiger partial charge in [-0.25, -0.2) is 9.59 Å². The van der Waals surface area contributed by atoms with Crippen molar-refractivity contribution >= 4 is 23.8 Å². The number of carbonyl (C=O) groups is 2. The van der Waals surface area contributed by atoms with Crippen LogP contribution in [0.4, 0.5) is 4.79 Å². The Hall–Kier alpha value is -0.950. The van der Waals surface area contributed by atoms with E-state index < -0.39 is 12.0 Å². The molecule has 2 N–H and O–H groups in total. The molecule has 6 nitrogen and oxygen atoms in total. The van der Waals surface area contributed by atoms with Crippen molar-refractivity contribution in [3.8, 4) is 0 Å². The Labute approximate surface area is 129 Å². The van der Waals surface area contributed by atoms with Gasteiger partial charge < -0.3 is 15.2 Å². The minimum absolute atomic E-state index is 0.0482. The minimum atomic E-state index is -0.927. The third kappa shape index (κ3) is 3.63. The standard InChI is InChI=1S/C14H24N2O4S/c1-3-11-9(5-6-20-11)7-15-14(19)16-10(13(17)18)8-21-12(16)4-2/h9-12H,3-8H2,1-2H3,(H,15,19)(H,17,18). The maximum absolute atomic E-state index is 12.4. The van der Waals surface area contributed by atoms with Crippen molar-refractivity contribution in [1.82, 2.24) is 10.2 Å². The zero-order valence-electron chi connectivity index (χ0n) is 12.6. The van der Waals surface area contributed by atoms with Crippen molar-refractivity contribution in [3.05, 3.63) is 0 Å². The molecule has 0 aromatic rings. The second-order valence-electron chi connectivity index (χ2n) is 5.51. The first kappa shape index (κ1) is 16.4. The molecule has 2 amide bonds. The van der Waals surface area contributed by atoms with Crippen molar-refractivity contribution in [3.63, 3.8) is 0 Å². The number of aliphatic carboxylic acids is 1. The van der Waals surface area contributed by atoms with Gasteiger partial charge in [-0.15, -0.1) is 11.8 Å². The number of carboxylic acids is 1. The van der Waals surface area contributed by atoms with Crippen molar-refractivity contribution in [2.45, 2.75) is 50.6 Å². The summed E-state index contributed by atoms with van der Waals surface area (Å²) < 4.78 is 5.61. The molecule has 0 aromatic carbocycles. The maximum Gasteiger partial charge on any atom is 0.327 e. The average Bonchev–Trinajstić information content (AvgIpc) is 3.10. The van der Waals surface area contributed by atoms with Gasteiger partial charge in [0.2, 0.25) is 0 Å². The van der Waals surface area contributed by atoms with E-state index in [0.29, 0.717) is 18.2 Å². The number of nitrogens with zero attached hydrogens (tertiary/aromatic N) is 1. The zero-order chi connectivity index (χ0) is 15.4. The number of hydrogen-bond acceptors (Lipinski definition) is 4. The summed E-state index contributed by atoms with van der Waals surface area (Å²) in [5, 5.41) is 12.1. The van der Waals surface area contributed by atoms with Gasteiger partial charge in [-0.3, -0.25) is 4.90 Å². The van der Waals surface area contributed by atoms with Crippen LogP contribution < -0.4 is 5.32 Å². The highest BCUT2D eigenvalue weighted by atomic mass is 32.2. The molecular weight excluding hydrogens is 292 g/mol. The Bertz CT molecular complexity index is 393. The SMILES string of the molecule is CCC1OCCC1CNC(=O)N1C(CC)SCC1C(=O)O. The molecule has 2 heterocycles. The van der Waals surface area contributed by atoms with E-state index in [1.54, 1.807) is 0 Å². The van der Waals surface area contributed by atoms with Crippen LogP contribution in [0.25, 0.3) is 0 Å². The lowest BCUT2D eigenvalue weighted by Crippen LogP contribution is -2.51. The van der Waals surface area contributed by atoms with Gasteiger partial charge in [0.1, 0.15) is 6.04 Å². The molecule has 0 aliphatic carbocycles. The van der Waals surface area contributed by atoms with Gasteiger partial charge in [0.25, 0.3) is 0 Å². The molecule has 7 heteroatoms. The van der Waals surface area contributed by atoms with Crippen molar-refractivity contribution in [1.29, 1.82) is 0 Å². The number of urea groups is 1. The van der Waals surface area contributed by atoms with Gasteiger partial charge in [0, 0.05) is 24.8 Å². The van der Waals surface area contributed by atoms with Crippen LogP contribution in [0.1, 0.15) is 33.1 Å². The lowest BCUT2D eigenvalue weighted by molar-refractivity contribution is -0.141. The number of nitrogens with one attached hydrogen (secondary N) is 1. The first-order valence-corrected chi connectivity index (χ1v) is 8.65. The smallest absolute Gasteiger partial charge is 0.327 e. The van der Waals surface area contributed by atoms with Crippen LogP contribution in [0, 0.1) is 5.92 Å². The fraction of sp³-hybridized carbons (Fsp3) is 0.857. The lowest BCUT2D eigenvalue weighted by atomic mass is 10.00. The molecule has 0 aromatic heterocycles. The molecule has 4 atom stereocenters. The van der Waals surface area contributed by atoms with Crippen LogP contribution in [0.2, 0.25) is 0 Å². The van der Waals surface area contributed by atoms with E-state index in [0.717, 1.165) is 25.9 Å². The number of amides is 2. The molecule has 0 saturated carbocycles. The van der Waals surface area contributed by atoms with Gasteiger partial charge in [-0.05, 0) is 19.3 Å². The van der Waals surface area contributed by atoms with Gasteiger partial charge in [0.05, 0.1) is 11.5 Å². The summed E-state index contributed by atoms with van der Waals surface area (Å²) in [6, 6.07) is -0.984. The second kappa shape index (κ2) is 7.35. The number of ether oxygens (including phenoxy) is 1. The van der Waals surface area contributed by atoms with Crippen LogP contribution in [-0.4, -0.2) is 58.4 Å². The molecule has 120 valence electrons. The Kier molecular flexibility index (Phi) is 5.75. The van der Waals surface area contributed by atoms with E-state index in [4.69, 9.17) is 4.74 Å². The fourth-order valence-corrected chi connectivity index (χ4v) is 4.37.